The minimum atomic E-state index is -3.50. The number of ether oxygens (including phenoxy) is 1. The molecule has 2 saturated heterocycles. The highest BCUT2D eigenvalue weighted by molar-refractivity contribution is 7.89. The smallest absolute Gasteiger partial charge is 0.227 e. The molecule has 2 fully saturated rings. The molecule has 194 valence electrons. The summed E-state index contributed by atoms with van der Waals surface area (Å²) in [6, 6.07) is 13.5. The fourth-order valence-corrected chi connectivity index (χ4v) is 5.96. The van der Waals surface area contributed by atoms with Gasteiger partial charge >= 0.3 is 0 Å². The first-order valence-corrected chi connectivity index (χ1v) is 13.8. The summed E-state index contributed by atoms with van der Waals surface area (Å²) >= 11 is 0. The number of rotatable bonds is 8. The van der Waals surface area contributed by atoms with Crippen molar-refractivity contribution in [2.24, 2.45) is 5.92 Å². The van der Waals surface area contributed by atoms with Crippen LogP contribution in [0.3, 0.4) is 0 Å². The number of anilines is 2. The van der Waals surface area contributed by atoms with Crippen LogP contribution in [0.15, 0.2) is 42.5 Å². The minimum absolute atomic E-state index is 0.0220. The van der Waals surface area contributed by atoms with Crippen LogP contribution in [0.5, 0.6) is 5.75 Å². The number of nitrogens with zero attached hydrogens (tertiary/aromatic N) is 3. The maximum absolute atomic E-state index is 12.8. The van der Waals surface area contributed by atoms with E-state index in [1.807, 2.05) is 56.3 Å². The van der Waals surface area contributed by atoms with Gasteiger partial charge in [0.15, 0.2) is 0 Å². The fourth-order valence-electron chi connectivity index (χ4n) is 4.62. The molecule has 2 amide bonds. The van der Waals surface area contributed by atoms with Crippen molar-refractivity contribution in [1.29, 1.82) is 0 Å². The highest BCUT2D eigenvalue weighted by Gasteiger charge is 2.35. The summed E-state index contributed by atoms with van der Waals surface area (Å²) in [5.41, 5.74) is 4.04. The number of sulfonamides is 1. The van der Waals surface area contributed by atoms with Gasteiger partial charge in [0, 0.05) is 57.1 Å². The third kappa shape index (κ3) is 5.82. The van der Waals surface area contributed by atoms with E-state index in [1.165, 1.54) is 4.31 Å². The number of hydrogen-bond acceptors (Lipinski definition) is 6. The molecule has 36 heavy (non-hydrogen) atoms. The van der Waals surface area contributed by atoms with Gasteiger partial charge < -0.3 is 19.9 Å². The van der Waals surface area contributed by atoms with Crippen LogP contribution in [0.1, 0.15) is 17.5 Å². The maximum Gasteiger partial charge on any atom is 0.227 e. The van der Waals surface area contributed by atoms with Gasteiger partial charge in [-0.05, 0) is 61.4 Å². The molecule has 1 N–H and O–H groups in total. The lowest BCUT2D eigenvalue weighted by atomic mass is 10.1. The number of nitrogens with one attached hydrogen (secondary N) is 1. The number of piperazine rings is 1. The van der Waals surface area contributed by atoms with Crippen molar-refractivity contribution in [2.75, 3.05) is 61.9 Å². The molecule has 2 aliphatic heterocycles. The zero-order valence-corrected chi connectivity index (χ0v) is 21.9. The number of aryl methyl sites for hydroxylation is 2. The van der Waals surface area contributed by atoms with Crippen LogP contribution in [-0.2, 0) is 19.6 Å². The van der Waals surface area contributed by atoms with E-state index in [1.54, 1.807) is 12.0 Å². The molecule has 2 aromatic carbocycles. The van der Waals surface area contributed by atoms with E-state index in [2.05, 4.69) is 10.2 Å². The predicted octanol–water partition coefficient (Wildman–Crippen LogP) is 1.93. The number of benzene rings is 2. The highest BCUT2D eigenvalue weighted by atomic mass is 32.2. The first-order chi connectivity index (χ1) is 17.2. The minimum Gasteiger partial charge on any atom is -0.497 e. The first kappa shape index (κ1) is 26.0. The number of methoxy groups -OCH3 is 1. The van der Waals surface area contributed by atoms with E-state index in [0.717, 1.165) is 28.3 Å². The molecule has 4 rings (SSSR count). The van der Waals surface area contributed by atoms with Crippen LogP contribution >= 0.6 is 0 Å². The van der Waals surface area contributed by atoms with E-state index in [-0.39, 0.29) is 30.5 Å². The van der Waals surface area contributed by atoms with Crippen LogP contribution < -0.4 is 19.9 Å². The average Bonchev–Trinajstić information content (AvgIpc) is 3.27. The van der Waals surface area contributed by atoms with Crippen LogP contribution in [0.25, 0.3) is 0 Å². The molecular weight excluding hydrogens is 480 g/mol. The summed E-state index contributed by atoms with van der Waals surface area (Å²) in [7, 11) is -1.88. The molecule has 2 heterocycles. The van der Waals surface area contributed by atoms with Crippen LogP contribution in [0.4, 0.5) is 11.4 Å². The third-order valence-corrected chi connectivity index (χ3v) is 8.90. The number of hydrogen-bond donors (Lipinski definition) is 1. The Morgan fingerprint density at radius 2 is 1.67 bits per heavy atom. The fraction of sp³-hybridized carbons (Fsp3) is 0.462. The standard InChI is InChI=1S/C26H34N4O5S/c1-19-4-5-23(16-20(19)2)30-18-21(17-25(30)31)26(32)27-10-15-36(33,34)29-13-11-28(12-14-29)22-6-8-24(35-3)9-7-22/h4-9,16,21H,10-15,17-18H2,1-3H3,(H,27,32). The Bertz CT molecular complexity index is 1210. The van der Waals surface area contributed by atoms with Gasteiger partial charge in [-0.3, -0.25) is 9.59 Å². The molecule has 0 bridgehead atoms. The lowest BCUT2D eigenvalue weighted by Gasteiger charge is -2.35. The molecular formula is C26H34N4O5S. The van der Waals surface area contributed by atoms with E-state index >= 15 is 0 Å². The predicted molar refractivity (Wildman–Crippen MR) is 140 cm³/mol. The molecule has 1 unspecified atom stereocenters. The number of carbonyl (C=O) groups excluding carboxylic acids is 2. The second-order valence-corrected chi connectivity index (χ2v) is 11.5. The quantitative estimate of drug-likeness (QED) is 0.578. The Morgan fingerprint density at radius 3 is 2.31 bits per heavy atom. The second-order valence-electron chi connectivity index (χ2n) is 9.37. The summed E-state index contributed by atoms with van der Waals surface area (Å²) in [6.07, 6.45) is 0.124. The third-order valence-electron chi connectivity index (χ3n) is 7.03. The summed E-state index contributed by atoms with van der Waals surface area (Å²) in [6.45, 7) is 6.29. The lowest BCUT2D eigenvalue weighted by Crippen LogP contribution is -2.50. The van der Waals surface area contributed by atoms with Crippen molar-refractivity contribution in [3.63, 3.8) is 0 Å². The molecule has 2 aromatic rings. The van der Waals surface area contributed by atoms with Crippen molar-refractivity contribution in [1.82, 2.24) is 9.62 Å². The Hall–Kier alpha value is -3.11. The van der Waals surface area contributed by atoms with Gasteiger partial charge in [0.1, 0.15) is 5.75 Å². The summed E-state index contributed by atoms with van der Waals surface area (Å²) in [5, 5.41) is 2.73. The van der Waals surface area contributed by atoms with E-state index in [4.69, 9.17) is 4.74 Å². The highest BCUT2D eigenvalue weighted by Crippen LogP contribution is 2.27. The topological polar surface area (TPSA) is 99.3 Å². The van der Waals surface area contributed by atoms with Gasteiger partial charge in [-0.25, -0.2) is 8.42 Å². The van der Waals surface area contributed by atoms with E-state index in [0.29, 0.717) is 32.7 Å². The van der Waals surface area contributed by atoms with Crippen molar-refractivity contribution in [3.05, 3.63) is 53.6 Å². The first-order valence-electron chi connectivity index (χ1n) is 12.2. The van der Waals surface area contributed by atoms with Crippen molar-refractivity contribution >= 4 is 33.2 Å². The van der Waals surface area contributed by atoms with E-state index < -0.39 is 15.9 Å². The molecule has 0 aromatic heterocycles. The van der Waals surface area contributed by atoms with Crippen molar-refractivity contribution in [2.45, 2.75) is 20.3 Å². The number of amides is 2. The van der Waals surface area contributed by atoms with Crippen molar-refractivity contribution < 1.29 is 22.7 Å². The zero-order valence-electron chi connectivity index (χ0n) is 21.1. The number of carbonyl (C=O) groups is 2. The Morgan fingerprint density at radius 1 is 1.00 bits per heavy atom. The Labute approximate surface area is 213 Å². The van der Waals surface area contributed by atoms with Crippen LogP contribution in [0, 0.1) is 19.8 Å². The van der Waals surface area contributed by atoms with Crippen LogP contribution in [-0.4, -0.2) is 76.7 Å². The molecule has 0 spiro atoms. The summed E-state index contributed by atoms with van der Waals surface area (Å²) < 4.78 is 32.4. The second kappa shape index (κ2) is 10.9. The molecule has 0 radical (unpaired) electrons. The molecule has 0 aliphatic carbocycles. The molecule has 2 aliphatic rings. The monoisotopic (exact) mass is 514 g/mol. The van der Waals surface area contributed by atoms with Gasteiger partial charge in [-0.15, -0.1) is 0 Å². The molecule has 0 saturated carbocycles. The molecule has 9 nitrogen and oxygen atoms in total. The molecule has 10 heteroatoms. The van der Waals surface area contributed by atoms with Crippen molar-refractivity contribution in [3.8, 4) is 5.75 Å². The Balaban J connectivity index is 1.24. The van der Waals surface area contributed by atoms with Gasteiger partial charge in [0.2, 0.25) is 21.8 Å². The average molecular weight is 515 g/mol. The van der Waals surface area contributed by atoms with Gasteiger partial charge in [0.25, 0.3) is 0 Å². The van der Waals surface area contributed by atoms with Crippen LogP contribution in [0.2, 0.25) is 0 Å². The Kier molecular flexibility index (Phi) is 7.85. The van der Waals surface area contributed by atoms with Gasteiger partial charge in [0.05, 0.1) is 18.8 Å². The lowest BCUT2D eigenvalue weighted by molar-refractivity contribution is -0.126. The summed E-state index contributed by atoms with van der Waals surface area (Å²) in [4.78, 5) is 29.0. The zero-order chi connectivity index (χ0) is 25.9. The van der Waals surface area contributed by atoms with Gasteiger partial charge in [-0.2, -0.15) is 4.31 Å². The summed E-state index contributed by atoms with van der Waals surface area (Å²) in [5.74, 6) is -0.255. The van der Waals surface area contributed by atoms with E-state index in [9.17, 15) is 18.0 Å². The normalized spacial score (nSPS) is 19.0. The largest absolute Gasteiger partial charge is 0.497 e. The maximum atomic E-state index is 12.8. The van der Waals surface area contributed by atoms with Gasteiger partial charge in [-0.1, -0.05) is 6.07 Å². The SMILES string of the molecule is COc1ccc(N2CCN(S(=O)(=O)CCNC(=O)C3CC(=O)N(c4ccc(C)c(C)c4)C3)CC2)cc1. The molecule has 1 atom stereocenters.